The number of nitro groups is 1. The summed E-state index contributed by atoms with van der Waals surface area (Å²) in [4.78, 5) is 22.0. The molecule has 9 heteroatoms. The van der Waals surface area contributed by atoms with Crippen LogP contribution in [0.25, 0.3) is 0 Å². The van der Waals surface area contributed by atoms with Gasteiger partial charge in [0.1, 0.15) is 0 Å². The van der Waals surface area contributed by atoms with Gasteiger partial charge in [-0.15, -0.1) is 5.10 Å². The van der Waals surface area contributed by atoms with Gasteiger partial charge in [-0.05, 0) is 24.5 Å². The predicted molar refractivity (Wildman–Crippen MR) is 78.2 cm³/mol. The molecule has 1 aliphatic rings. The highest BCUT2D eigenvalue weighted by atomic mass is 32.2. The van der Waals surface area contributed by atoms with Gasteiger partial charge in [0.05, 0.1) is 4.92 Å². The quantitative estimate of drug-likeness (QED) is 0.375. The average molecular weight is 307 g/mol. The fourth-order valence-electron chi connectivity index (χ4n) is 2.02. The zero-order chi connectivity index (χ0) is 15.0. The van der Waals surface area contributed by atoms with Crippen molar-refractivity contribution in [2.45, 2.75) is 29.8 Å². The van der Waals surface area contributed by atoms with Crippen LogP contribution in [0.2, 0.25) is 0 Å². The van der Waals surface area contributed by atoms with Crippen LogP contribution in [0, 0.1) is 10.1 Å². The number of aromatic nitrogens is 3. The Morgan fingerprint density at radius 3 is 2.95 bits per heavy atom. The molecule has 3 N–H and O–H groups in total. The van der Waals surface area contributed by atoms with Crippen molar-refractivity contribution < 1.29 is 4.92 Å². The van der Waals surface area contributed by atoms with Crippen molar-refractivity contribution in [3.8, 4) is 0 Å². The third-order valence-electron chi connectivity index (χ3n) is 3.28. The second kappa shape index (κ2) is 5.24. The number of non-ortho nitro benzene ring substituents is 1. The third kappa shape index (κ3) is 2.77. The van der Waals surface area contributed by atoms with Crippen molar-refractivity contribution in [3.63, 3.8) is 0 Å². The maximum absolute atomic E-state index is 11.7. The van der Waals surface area contributed by atoms with Gasteiger partial charge in [-0.25, -0.2) is 9.89 Å². The zero-order valence-electron chi connectivity index (χ0n) is 11.0. The summed E-state index contributed by atoms with van der Waals surface area (Å²) in [5.41, 5.74) is 6.77. The number of nitrogens with zero attached hydrogens (tertiary/aromatic N) is 3. The molecule has 1 saturated carbocycles. The largest absolute Gasteiger partial charge is 0.398 e. The van der Waals surface area contributed by atoms with Crippen LogP contribution in [0.5, 0.6) is 0 Å². The highest BCUT2D eigenvalue weighted by Crippen LogP contribution is 2.37. The maximum Gasteiger partial charge on any atom is 0.344 e. The highest BCUT2D eigenvalue weighted by molar-refractivity contribution is 7.98. The van der Waals surface area contributed by atoms with E-state index < -0.39 is 4.92 Å². The smallest absolute Gasteiger partial charge is 0.344 e. The Kier molecular flexibility index (Phi) is 3.42. The summed E-state index contributed by atoms with van der Waals surface area (Å²) in [7, 11) is 0. The number of rotatable bonds is 5. The number of nitrogens with one attached hydrogen (secondary N) is 1. The number of hydrogen-bond acceptors (Lipinski definition) is 6. The monoisotopic (exact) mass is 307 g/mol. The Balaban J connectivity index is 1.80. The van der Waals surface area contributed by atoms with Gasteiger partial charge >= 0.3 is 5.69 Å². The maximum atomic E-state index is 11.7. The van der Waals surface area contributed by atoms with Gasteiger partial charge in [0, 0.05) is 29.6 Å². The molecule has 0 unspecified atom stereocenters. The van der Waals surface area contributed by atoms with E-state index in [0.717, 1.165) is 12.8 Å². The number of nitrogen functional groups attached to an aromatic ring is 1. The molecule has 0 bridgehead atoms. The van der Waals surface area contributed by atoms with Gasteiger partial charge in [-0.2, -0.15) is 0 Å². The first-order chi connectivity index (χ1) is 10.1. The minimum atomic E-state index is -0.456. The normalized spacial score (nSPS) is 14.3. The summed E-state index contributed by atoms with van der Waals surface area (Å²) in [6.07, 6.45) is 1.96. The zero-order valence-corrected chi connectivity index (χ0v) is 11.8. The number of benzene rings is 1. The molecular weight excluding hydrogens is 294 g/mol. The van der Waals surface area contributed by atoms with Crippen molar-refractivity contribution in [2.75, 3.05) is 5.73 Å². The lowest BCUT2D eigenvalue weighted by Crippen LogP contribution is -2.16. The van der Waals surface area contributed by atoms with Crippen molar-refractivity contribution >= 4 is 23.1 Å². The lowest BCUT2D eigenvalue weighted by Gasteiger charge is -2.06. The lowest BCUT2D eigenvalue weighted by molar-refractivity contribution is -0.384. The van der Waals surface area contributed by atoms with Crippen molar-refractivity contribution in [2.24, 2.45) is 0 Å². The second-order valence-corrected chi connectivity index (χ2v) is 5.78. The molecule has 1 aromatic carbocycles. The Labute approximate surface area is 123 Å². The number of aromatic amines is 1. The van der Waals surface area contributed by atoms with Crippen LogP contribution in [0.15, 0.2) is 28.2 Å². The average Bonchev–Trinajstić information content (AvgIpc) is 3.21. The van der Waals surface area contributed by atoms with Gasteiger partial charge in [-0.1, -0.05) is 11.8 Å². The van der Waals surface area contributed by atoms with Crippen LogP contribution in [-0.4, -0.2) is 19.7 Å². The van der Waals surface area contributed by atoms with Gasteiger partial charge < -0.3 is 5.73 Å². The van der Waals surface area contributed by atoms with Crippen LogP contribution in [-0.2, 0) is 5.75 Å². The molecule has 110 valence electrons. The number of anilines is 1. The van der Waals surface area contributed by atoms with Crippen molar-refractivity contribution in [1.29, 1.82) is 0 Å². The molecule has 0 atom stereocenters. The van der Waals surface area contributed by atoms with Crippen LogP contribution < -0.4 is 11.4 Å². The molecule has 1 fully saturated rings. The Hall–Kier alpha value is -2.29. The summed E-state index contributed by atoms with van der Waals surface area (Å²) in [5.74, 6) is 0.421. The molecule has 0 radical (unpaired) electrons. The SMILES string of the molecule is Nc1ccc([N+](=O)[O-])cc1CSc1n[nH]c(=O)n1C1CC1. The minimum Gasteiger partial charge on any atom is -0.398 e. The number of thioether (sulfide) groups is 1. The molecule has 0 saturated heterocycles. The molecule has 1 aliphatic carbocycles. The van der Waals surface area contributed by atoms with Crippen LogP contribution in [0.1, 0.15) is 24.4 Å². The fourth-order valence-corrected chi connectivity index (χ4v) is 3.04. The van der Waals surface area contributed by atoms with Gasteiger partial charge in [0.25, 0.3) is 5.69 Å². The van der Waals surface area contributed by atoms with Crippen molar-refractivity contribution in [1.82, 2.24) is 14.8 Å². The molecule has 1 heterocycles. The first kappa shape index (κ1) is 13.7. The second-order valence-electron chi connectivity index (χ2n) is 4.84. The summed E-state index contributed by atoms with van der Waals surface area (Å²) in [5, 5.41) is 17.8. The predicted octanol–water partition coefficient (Wildman–Crippen LogP) is 1.69. The summed E-state index contributed by atoms with van der Waals surface area (Å²) < 4.78 is 1.64. The minimum absolute atomic E-state index is 0.00131. The molecule has 1 aromatic heterocycles. The topological polar surface area (TPSA) is 120 Å². The van der Waals surface area contributed by atoms with E-state index in [9.17, 15) is 14.9 Å². The lowest BCUT2D eigenvalue weighted by atomic mass is 10.2. The Morgan fingerprint density at radius 2 is 2.29 bits per heavy atom. The molecule has 0 amide bonds. The number of H-pyrrole nitrogens is 1. The van der Waals surface area contributed by atoms with E-state index in [1.807, 2.05) is 0 Å². The van der Waals surface area contributed by atoms with E-state index in [1.54, 1.807) is 4.57 Å². The van der Waals surface area contributed by atoms with E-state index in [2.05, 4.69) is 10.2 Å². The standard InChI is InChI=1S/C12H13N5O3S/c13-10-4-3-9(17(19)20)5-7(10)6-21-12-15-14-11(18)16(12)8-1-2-8/h3-5,8H,1-2,6,13H2,(H,14,18). The van der Waals surface area contributed by atoms with Crippen LogP contribution >= 0.6 is 11.8 Å². The third-order valence-corrected chi connectivity index (χ3v) is 4.28. The van der Waals surface area contributed by atoms with Crippen LogP contribution in [0.4, 0.5) is 11.4 Å². The van der Waals surface area contributed by atoms with E-state index in [1.165, 1.54) is 30.0 Å². The van der Waals surface area contributed by atoms with E-state index >= 15 is 0 Å². The molecule has 2 aromatic rings. The van der Waals surface area contributed by atoms with Gasteiger partial charge in [-0.3, -0.25) is 14.7 Å². The van der Waals surface area contributed by atoms with E-state index in [4.69, 9.17) is 5.73 Å². The Morgan fingerprint density at radius 1 is 1.52 bits per heavy atom. The highest BCUT2D eigenvalue weighted by Gasteiger charge is 2.28. The number of nitro benzene ring substituents is 1. The Bertz CT molecular complexity index is 750. The van der Waals surface area contributed by atoms with E-state index in [-0.39, 0.29) is 17.4 Å². The summed E-state index contributed by atoms with van der Waals surface area (Å²) in [6, 6.07) is 4.57. The summed E-state index contributed by atoms with van der Waals surface area (Å²) in [6.45, 7) is 0. The van der Waals surface area contributed by atoms with Crippen LogP contribution in [0.3, 0.4) is 0 Å². The van der Waals surface area contributed by atoms with E-state index in [0.29, 0.717) is 22.2 Å². The molecular formula is C12H13N5O3S. The molecule has 21 heavy (non-hydrogen) atoms. The molecule has 0 aliphatic heterocycles. The molecule has 8 nitrogen and oxygen atoms in total. The first-order valence-electron chi connectivity index (χ1n) is 6.39. The summed E-state index contributed by atoms with van der Waals surface area (Å²) >= 11 is 1.34. The van der Waals surface area contributed by atoms with Gasteiger partial charge in [0.15, 0.2) is 5.16 Å². The van der Waals surface area contributed by atoms with Crippen molar-refractivity contribution in [3.05, 3.63) is 44.4 Å². The molecule has 0 spiro atoms. The molecule has 3 rings (SSSR count). The number of hydrogen-bond donors (Lipinski definition) is 2. The fraction of sp³-hybridized carbons (Fsp3) is 0.333. The first-order valence-corrected chi connectivity index (χ1v) is 7.37. The van der Waals surface area contributed by atoms with Gasteiger partial charge in [0.2, 0.25) is 0 Å². The number of nitrogens with two attached hydrogens (primary N) is 1.